The Kier molecular flexibility index (Phi) is 4.50. The van der Waals surface area contributed by atoms with Crippen molar-refractivity contribution >= 4 is 11.7 Å². The van der Waals surface area contributed by atoms with E-state index in [1.54, 1.807) is 11.9 Å². The van der Waals surface area contributed by atoms with Crippen LogP contribution in [0.4, 0.5) is 0 Å². The first-order valence-electron chi connectivity index (χ1n) is 3.96. The van der Waals surface area contributed by atoms with Gasteiger partial charge >= 0.3 is 0 Å². The van der Waals surface area contributed by atoms with Crippen molar-refractivity contribution in [3.8, 4) is 0 Å². The van der Waals surface area contributed by atoms with Crippen LogP contribution < -0.4 is 0 Å². The third-order valence-corrected chi connectivity index (χ3v) is 1.50. The predicted octanol–water partition coefficient (Wildman–Crippen LogP) is 0.834. The average Bonchev–Trinajstić information content (AvgIpc) is 2.02. The molecule has 0 spiro atoms. The van der Waals surface area contributed by atoms with E-state index in [2.05, 4.69) is 0 Å². The predicted molar refractivity (Wildman–Crippen MR) is 43.2 cm³/mol. The minimum absolute atomic E-state index is 0.0498. The first-order chi connectivity index (χ1) is 5.20. The number of hydrogen-bond acceptors (Lipinski definition) is 2. The number of nitrogens with zero attached hydrogens (tertiary/aromatic N) is 1. The van der Waals surface area contributed by atoms with Gasteiger partial charge in [-0.25, -0.2) is 0 Å². The number of carbonyl (C=O) groups excluding carboxylic acids is 2. The van der Waals surface area contributed by atoms with Gasteiger partial charge in [0.1, 0.15) is 5.78 Å². The van der Waals surface area contributed by atoms with Crippen LogP contribution in [-0.2, 0) is 9.59 Å². The molecule has 1 aliphatic rings. The molecule has 0 bridgehead atoms. The van der Waals surface area contributed by atoms with Gasteiger partial charge in [-0.2, -0.15) is 0 Å². The van der Waals surface area contributed by atoms with Crippen molar-refractivity contribution in [2.75, 3.05) is 13.6 Å². The summed E-state index contributed by atoms with van der Waals surface area (Å²) in [5.74, 6) is 0.0179. The molecule has 0 unspecified atom stereocenters. The molecule has 3 heteroatoms. The highest BCUT2D eigenvalue weighted by atomic mass is 16.2. The minimum Gasteiger partial charge on any atom is -0.345 e. The summed E-state index contributed by atoms with van der Waals surface area (Å²) in [6, 6.07) is 0. The number of rotatable bonds is 0. The molecule has 0 atom stereocenters. The van der Waals surface area contributed by atoms with Crippen molar-refractivity contribution in [2.24, 2.45) is 0 Å². The van der Waals surface area contributed by atoms with Crippen LogP contribution in [0.5, 0.6) is 0 Å². The molecule has 1 aliphatic heterocycles. The van der Waals surface area contributed by atoms with Crippen LogP contribution >= 0.6 is 0 Å². The smallest absolute Gasteiger partial charge is 0.229 e. The fourth-order valence-electron chi connectivity index (χ4n) is 0.809. The maximum absolute atomic E-state index is 10.7. The van der Waals surface area contributed by atoms with E-state index >= 15 is 0 Å². The van der Waals surface area contributed by atoms with E-state index in [-0.39, 0.29) is 18.1 Å². The molecule has 1 heterocycles. The van der Waals surface area contributed by atoms with Crippen molar-refractivity contribution in [3.63, 3.8) is 0 Å². The summed E-state index contributed by atoms with van der Waals surface area (Å²) in [6.45, 7) is 4.59. The van der Waals surface area contributed by atoms with E-state index < -0.39 is 0 Å². The zero-order valence-electron chi connectivity index (χ0n) is 7.39. The normalized spacial score (nSPS) is 17.5. The summed E-state index contributed by atoms with van der Waals surface area (Å²) in [5.41, 5.74) is 0. The Balaban J connectivity index is 0.000000461. The topological polar surface area (TPSA) is 37.4 Å². The fourth-order valence-corrected chi connectivity index (χ4v) is 0.809. The quantitative estimate of drug-likeness (QED) is 0.488. The molecular weight excluding hydrogens is 142 g/mol. The standard InChI is InChI=1S/C6H9NO2.C2H6/c1-7-3-2-5(8)4-6(7)9;1-2/h2-4H2,1H3;1-2H3. The zero-order chi connectivity index (χ0) is 8.85. The number of likely N-dealkylation sites (tertiary alicyclic amines) is 1. The zero-order valence-corrected chi connectivity index (χ0v) is 7.39. The molecular formula is C8H15NO2. The number of ketones is 1. The summed E-state index contributed by atoms with van der Waals surface area (Å²) in [4.78, 5) is 22.9. The van der Waals surface area contributed by atoms with Gasteiger partial charge in [-0.1, -0.05) is 13.8 Å². The highest BCUT2D eigenvalue weighted by molar-refractivity contribution is 6.00. The first-order valence-corrected chi connectivity index (χ1v) is 3.96. The maximum atomic E-state index is 10.7. The summed E-state index contributed by atoms with van der Waals surface area (Å²) in [6.07, 6.45) is 0.638. The minimum atomic E-state index is -0.0498. The van der Waals surface area contributed by atoms with Gasteiger partial charge < -0.3 is 4.90 Å². The molecule has 0 aliphatic carbocycles. The largest absolute Gasteiger partial charge is 0.345 e. The molecule has 0 N–H and O–H groups in total. The van der Waals surface area contributed by atoms with Crippen LogP contribution in [-0.4, -0.2) is 30.2 Å². The summed E-state index contributed by atoms with van der Waals surface area (Å²) in [5, 5.41) is 0. The molecule has 0 aromatic heterocycles. The monoisotopic (exact) mass is 157 g/mol. The first kappa shape index (κ1) is 10.1. The van der Waals surface area contributed by atoms with Crippen molar-refractivity contribution in [2.45, 2.75) is 26.7 Å². The molecule has 1 rings (SSSR count). The number of amides is 1. The van der Waals surface area contributed by atoms with Crippen LogP contribution in [0.15, 0.2) is 0 Å². The lowest BCUT2D eigenvalue weighted by Gasteiger charge is -2.20. The van der Waals surface area contributed by atoms with E-state index in [1.807, 2.05) is 13.8 Å². The summed E-state index contributed by atoms with van der Waals surface area (Å²) >= 11 is 0. The molecule has 64 valence electrons. The van der Waals surface area contributed by atoms with Crippen molar-refractivity contribution < 1.29 is 9.59 Å². The Morgan fingerprint density at radius 3 is 2.18 bits per heavy atom. The lowest BCUT2D eigenvalue weighted by Crippen LogP contribution is -2.35. The summed E-state index contributed by atoms with van der Waals surface area (Å²) < 4.78 is 0. The van der Waals surface area contributed by atoms with Crippen LogP contribution in [0.25, 0.3) is 0 Å². The lowest BCUT2D eigenvalue weighted by atomic mass is 10.1. The highest BCUT2D eigenvalue weighted by Crippen LogP contribution is 2.03. The molecule has 0 saturated carbocycles. The van der Waals surface area contributed by atoms with Crippen LogP contribution in [0, 0.1) is 0 Å². The van der Waals surface area contributed by atoms with Gasteiger partial charge in [-0.05, 0) is 0 Å². The Labute approximate surface area is 67.4 Å². The van der Waals surface area contributed by atoms with Gasteiger partial charge in [0.2, 0.25) is 5.91 Å². The lowest BCUT2D eigenvalue weighted by molar-refractivity contribution is -0.138. The van der Waals surface area contributed by atoms with Crippen LogP contribution in [0.3, 0.4) is 0 Å². The van der Waals surface area contributed by atoms with Crippen molar-refractivity contribution in [3.05, 3.63) is 0 Å². The number of Topliss-reactive ketones (excluding diaryl/α,β-unsaturated/α-hetero) is 1. The molecule has 0 aromatic carbocycles. The Morgan fingerprint density at radius 1 is 1.27 bits per heavy atom. The van der Waals surface area contributed by atoms with E-state index in [9.17, 15) is 9.59 Å². The highest BCUT2D eigenvalue weighted by Gasteiger charge is 2.19. The molecule has 3 nitrogen and oxygen atoms in total. The molecule has 11 heavy (non-hydrogen) atoms. The fraction of sp³-hybridized carbons (Fsp3) is 0.750. The Morgan fingerprint density at radius 2 is 1.82 bits per heavy atom. The van der Waals surface area contributed by atoms with Crippen molar-refractivity contribution in [1.29, 1.82) is 0 Å². The van der Waals surface area contributed by atoms with Gasteiger partial charge in [0.15, 0.2) is 0 Å². The third-order valence-electron chi connectivity index (χ3n) is 1.50. The number of hydrogen-bond donors (Lipinski definition) is 0. The molecule has 0 radical (unpaired) electrons. The van der Waals surface area contributed by atoms with Gasteiger partial charge in [0, 0.05) is 20.0 Å². The van der Waals surface area contributed by atoms with Gasteiger partial charge in [0.05, 0.1) is 6.42 Å². The Hall–Kier alpha value is -0.860. The van der Waals surface area contributed by atoms with E-state index in [0.717, 1.165) is 0 Å². The van der Waals surface area contributed by atoms with E-state index in [1.165, 1.54) is 0 Å². The summed E-state index contributed by atoms with van der Waals surface area (Å²) in [7, 11) is 1.72. The molecule has 1 saturated heterocycles. The van der Waals surface area contributed by atoms with Gasteiger partial charge in [-0.3, -0.25) is 9.59 Å². The maximum Gasteiger partial charge on any atom is 0.229 e. The number of carbonyl (C=O) groups is 2. The SMILES string of the molecule is CC.CN1CCC(=O)CC1=O. The van der Waals surface area contributed by atoms with Gasteiger partial charge in [-0.15, -0.1) is 0 Å². The molecule has 0 aromatic rings. The van der Waals surface area contributed by atoms with Gasteiger partial charge in [0.25, 0.3) is 0 Å². The van der Waals surface area contributed by atoms with E-state index in [0.29, 0.717) is 13.0 Å². The van der Waals surface area contributed by atoms with Crippen LogP contribution in [0.1, 0.15) is 26.7 Å². The second-order valence-electron chi connectivity index (χ2n) is 2.28. The third kappa shape index (κ3) is 3.16. The molecule has 1 fully saturated rings. The van der Waals surface area contributed by atoms with E-state index in [4.69, 9.17) is 0 Å². The van der Waals surface area contributed by atoms with Crippen molar-refractivity contribution in [1.82, 2.24) is 4.90 Å². The second kappa shape index (κ2) is 4.88. The second-order valence-corrected chi connectivity index (χ2v) is 2.28. The Bertz CT molecular complexity index is 154. The molecule has 1 amide bonds. The van der Waals surface area contributed by atoms with Crippen LogP contribution in [0.2, 0.25) is 0 Å². The average molecular weight is 157 g/mol. The number of piperidine rings is 1.